The van der Waals surface area contributed by atoms with E-state index in [2.05, 4.69) is 5.32 Å². The zero-order valence-corrected chi connectivity index (χ0v) is 6.82. The van der Waals surface area contributed by atoms with Crippen molar-refractivity contribution in [3.05, 3.63) is 24.3 Å². The molecule has 4 N–H and O–H groups in total. The van der Waals surface area contributed by atoms with Gasteiger partial charge < -0.3 is 16.2 Å². The van der Waals surface area contributed by atoms with Crippen molar-refractivity contribution in [2.45, 2.75) is 0 Å². The highest BCUT2D eigenvalue weighted by atomic mass is 16.3. The number of anilines is 2. The number of nitrogens with two attached hydrogens (primary N) is 1. The normalized spacial score (nSPS) is 7.75. The summed E-state index contributed by atoms with van der Waals surface area (Å²) in [5.74, 6) is 0. The minimum atomic E-state index is -0.250. The van der Waals surface area contributed by atoms with Crippen molar-refractivity contribution in [1.29, 1.82) is 0 Å². The highest BCUT2D eigenvalue weighted by molar-refractivity contribution is 5.53. The molecule has 0 radical (unpaired) electrons. The van der Waals surface area contributed by atoms with Gasteiger partial charge in [-0.2, -0.15) is 0 Å². The van der Waals surface area contributed by atoms with Crippen LogP contribution < -0.4 is 11.1 Å². The Hall–Kier alpha value is -1.71. The lowest BCUT2D eigenvalue weighted by molar-refractivity contribution is -0.122. The van der Waals surface area contributed by atoms with E-state index in [0.29, 0.717) is 0 Å². The Morgan fingerprint density at radius 3 is 2.50 bits per heavy atom. The van der Waals surface area contributed by atoms with Crippen LogP contribution in [0.25, 0.3) is 0 Å². The summed E-state index contributed by atoms with van der Waals surface area (Å²) in [6.45, 7) is -0.250. The summed E-state index contributed by atoms with van der Waals surface area (Å²) in [5.41, 5.74) is 7.34. The largest absolute Gasteiger partial charge is 0.483 e. The number of carbonyl (C=O) groups is 1. The number of carboxylic acid groups (broad SMARTS) is 1. The van der Waals surface area contributed by atoms with E-state index in [0.717, 1.165) is 11.4 Å². The smallest absolute Gasteiger partial charge is 0.290 e. The van der Waals surface area contributed by atoms with Gasteiger partial charge in [0.1, 0.15) is 0 Å². The van der Waals surface area contributed by atoms with Crippen molar-refractivity contribution in [2.24, 2.45) is 0 Å². The Bertz CT molecular complexity index is 238. The monoisotopic (exact) mass is 168 g/mol. The van der Waals surface area contributed by atoms with Gasteiger partial charge >= 0.3 is 0 Å². The van der Waals surface area contributed by atoms with Gasteiger partial charge in [0.05, 0.1) is 0 Å². The van der Waals surface area contributed by atoms with Crippen molar-refractivity contribution >= 4 is 17.8 Å². The third-order valence-electron chi connectivity index (χ3n) is 1.18. The molecule has 0 saturated carbocycles. The van der Waals surface area contributed by atoms with Crippen molar-refractivity contribution in [3.8, 4) is 0 Å². The second-order valence-electron chi connectivity index (χ2n) is 1.98. The van der Waals surface area contributed by atoms with Gasteiger partial charge in [0.25, 0.3) is 6.47 Å². The van der Waals surface area contributed by atoms with Crippen LogP contribution in [0.1, 0.15) is 0 Å². The molecule has 0 aliphatic heterocycles. The molecule has 1 aromatic carbocycles. The predicted octanol–water partition coefficient (Wildman–Crippen LogP) is 1.01. The highest BCUT2D eigenvalue weighted by Gasteiger charge is 1.85. The van der Waals surface area contributed by atoms with Crippen LogP contribution in [0.4, 0.5) is 11.4 Å². The zero-order valence-electron chi connectivity index (χ0n) is 6.82. The maximum absolute atomic E-state index is 8.36. The number of nitrogens with one attached hydrogen (secondary N) is 1. The minimum Gasteiger partial charge on any atom is -0.483 e. The number of rotatable bonds is 1. The van der Waals surface area contributed by atoms with Crippen LogP contribution in [0.5, 0.6) is 0 Å². The van der Waals surface area contributed by atoms with Gasteiger partial charge in [-0.25, -0.2) is 0 Å². The van der Waals surface area contributed by atoms with Crippen molar-refractivity contribution < 1.29 is 9.90 Å². The molecule has 0 saturated heterocycles. The molecule has 0 spiro atoms. The van der Waals surface area contributed by atoms with Gasteiger partial charge in [0.2, 0.25) is 0 Å². The van der Waals surface area contributed by atoms with Crippen LogP contribution in [-0.4, -0.2) is 18.6 Å². The van der Waals surface area contributed by atoms with Crippen LogP contribution in [0.2, 0.25) is 0 Å². The lowest BCUT2D eigenvalue weighted by Gasteiger charge is -1.98. The van der Waals surface area contributed by atoms with Crippen molar-refractivity contribution in [1.82, 2.24) is 0 Å². The van der Waals surface area contributed by atoms with E-state index in [1.165, 1.54) is 0 Å². The average molecular weight is 168 g/mol. The van der Waals surface area contributed by atoms with E-state index in [4.69, 9.17) is 15.6 Å². The fourth-order valence-corrected chi connectivity index (χ4v) is 0.694. The maximum atomic E-state index is 8.36. The fraction of sp³-hybridized carbons (Fsp3) is 0.125. The van der Waals surface area contributed by atoms with E-state index in [-0.39, 0.29) is 6.47 Å². The van der Waals surface area contributed by atoms with Gasteiger partial charge in [0, 0.05) is 18.4 Å². The topological polar surface area (TPSA) is 75.3 Å². The first-order valence-corrected chi connectivity index (χ1v) is 3.35. The zero-order chi connectivity index (χ0) is 9.40. The lowest BCUT2D eigenvalue weighted by Crippen LogP contribution is -1.89. The molecule has 12 heavy (non-hydrogen) atoms. The van der Waals surface area contributed by atoms with Gasteiger partial charge in [-0.1, -0.05) is 6.07 Å². The molecule has 1 rings (SSSR count). The quantitative estimate of drug-likeness (QED) is 0.432. The Morgan fingerprint density at radius 2 is 2.17 bits per heavy atom. The Balaban J connectivity index is 0.000000354. The summed E-state index contributed by atoms with van der Waals surface area (Å²) in [5, 5.41) is 9.88. The maximum Gasteiger partial charge on any atom is 0.290 e. The molecule has 4 nitrogen and oxygen atoms in total. The highest BCUT2D eigenvalue weighted by Crippen LogP contribution is 2.09. The molecule has 66 valence electrons. The average Bonchev–Trinajstić information content (AvgIpc) is 2.06. The van der Waals surface area contributed by atoms with Crippen molar-refractivity contribution in [2.75, 3.05) is 18.1 Å². The summed E-state index contributed by atoms with van der Waals surface area (Å²) >= 11 is 0. The first-order chi connectivity index (χ1) is 5.74. The molecule has 0 heterocycles. The Kier molecular flexibility index (Phi) is 5.17. The first kappa shape index (κ1) is 10.3. The van der Waals surface area contributed by atoms with E-state index >= 15 is 0 Å². The molecule has 0 fully saturated rings. The van der Waals surface area contributed by atoms with E-state index in [9.17, 15) is 0 Å². The van der Waals surface area contributed by atoms with Crippen LogP contribution >= 0.6 is 0 Å². The van der Waals surface area contributed by atoms with E-state index in [1.807, 2.05) is 31.3 Å². The summed E-state index contributed by atoms with van der Waals surface area (Å²) in [4.78, 5) is 8.36. The molecule has 0 aliphatic carbocycles. The molecular weight excluding hydrogens is 156 g/mol. The van der Waals surface area contributed by atoms with E-state index in [1.54, 1.807) is 0 Å². The van der Waals surface area contributed by atoms with Gasteiger partial charge in [-0.05, 0) is 18.2 Å². The predicted molar refractivity (Wildman–Crippen MR) is 49.1 cm³/mol. The summed E-state index contributed by atoms with van der Waals surface area (Å²) in [6, 6.07) is 7.64. The lowest BCUT2D eigenvalue weighted by atomic mass is 10.3. The minimum absolute atomic E-state index is 0.250. The number of hydrogen-bond acceptors (Lipinski definition) is 3. The first-order valence-electron chi connectivity index (χ1n) is 3.35. The van der Waals surface area contributed by atoms with Crippen molar-refractivity contribution in [3.63, 3.8) is 0 Å². The molecule has 0 aliphatic rings. The fourth-order valence-electron chi connectivity index (χ4n) is 0.694. The number of benzene rings is 1. The Morgan fingerprint density at radius 1 is 1.58 bits per heavy atom. The molecule has 0 unspecified atom stereocenters. The van der Waals surface area contributed by atoms with Gasteiger partial charge in [-0.15, -0.1) is 0 Å². The Labute approximate surface area is 71.0 Å². The molecule has 1 aromatic rings. The van der Waals surface area contributed by atoms with Crippen LogP contribution in [0.15, 0.2) is 24.3 Å². The van der Waals surface area contributed by atoms with E-state index < -0.39 is 0 Å². The number of hydrogen-bond donors (Lipinski definition) is 3. The van der Waals surface area contributed by atoms with Gasteiger partial charge in [-0.3, -0.25) is 4.79 Å². The molecule has 0 atom stereocenters. The molecular formula is C8H12N2O2. The standard InChI is InChI=1S/C7H10N2.CH2O2/c1-9-7-4-2-3-6(8)5-7;2-1-3/h2-5,9H,8H2,1H3;1H,(H,2,3). The number of nitrogen functional groups attached to an aromatic ring is 1. The summed E-state index contributed by atoms with van der Waals surface area (Å²) < 4.78 is 0. The van der Waals surface area contributed by atoms with Gasteiger partial charge in [0.15, 0.2) is 0 Å². The molecule has 4 heteroatoms. The summed E-state index contributed by atoms with van der Waals surface area (Å²) in [6.07, 6.45) is 0. The molecule has 0 bridgehead atoms. The summed E-state index contributed by atoms with van der Waals surface area (Å²) in [7, 11) is 1.87. The van der Waals surface area contributed by atoms with Crippen LogP contribution in [0.3, 0.4) is 0 Å². The molecule has 0 amide bonds. The second-order valence-corrected chi connectivity index (χ2v) is 1.98. The second kappa shape index (κ2) is 6.03. The third-order valence-corrected chi connectivity index (χ3v) is 1.18. The molecule has 0 aromatic heterocycles. The third kappa shape index (κ3) is 4.16. The SMILES string of the molecule is CNc1cccc(N)c1.O=CO. The van der Waals surface area contributed by atoms with Crippen LogP contribution in [0, 0.1) is 0 Å². The van der Waals surface area contributed by atoms with Crippen LogP contribution in [-0.2, 0) is 4.79 Å².